The van der Waals surface area contributed by atoms with Crippen molar-refractivity contribution in [2.45, 2.75) is 32.9 Å². The molecule has 0 spiro atoms. The normalized spacial score (nSPS) is 12.4. The Morgan fingerprint density at radius 1 is 1.10 bits per heavy atom. The highest BCUT2D eigenvalue weighted by atomic mass is 19.1. The topological polar surface area (TPSA) is 21.3 Å². The molecule has 0 amide bonds. The maximum absolute atomic E-state index is 13.9. The van der Waals surface area contributed by atoms with Crippen LogP contribution in [0.2, 0.25) is 0 Å². The molecule has 0 aliphatic carbocycles. The van der Waals surface area contributed by atoms with Crippen molar-refractivity contribution in [3.63, 3.8) is 0 Å². The van der Waals surface area contributed by atoms with Crippen LogP contribution in [0.15, 0.2) is 48.5 Å². The second-order valence-corrected chi connectivity index (χ2v) is 5.51. The number of nitrogens with one attached hydrogen (secondary N) is 1. The lowest BCUT2D eigenvalue weighted by atomic mass is 10.1. The molecule has 0 saturated heterocycles. The number of benzene rings is 2. The van der Waals surface area contributed by atoms with Crippen LogP contribution in [0.4, 0.5) is 4.39 Å². The molecule has 1 unspecified atom stereocenters. The van der Waals surface area contributed by atoms with Gasteiger partial charge in [0.2, 0.25) is 0 Å². The molecular weight excluding hydrogens is 265 g/mol. The van der Waals surface area contributed by atoms with Gasteiger partial charge in [0.25, 0.3) is 0 Å². The summed E-state index contributed by atoms with van der Waals surface area (Å²) in [5.41, 5.74) is 2.02. The monoisotopic (exact) mass is 287 g/mol. The molecule has 0 fully saturated rings. The Morgan fingerprint density at radius 3 is 2.48 bits per heavy atom. The Morgan fingerprint density at radius 2 is 1.81 bits per heavy atom. The van der Waals surface area contributed by atoms with Crippen LogP contribution < -0.4 is 10.1 Å². The summed E-state index contributed by atoms with van der Waals surface area (Å²) in [4.78, 5) is 0. The highest BCUT2D eigenvalue weighted by molar-refractivity contribution is 5.30. The van der Waals surface area contributed by atoms with Crippen LogP contribution in [-0.2, 0) is 0 Å². The minimum atomic E-state index is -0.328. The molecule has 3 heteroatoms. The molecule has 2 nitrogen and oxygen atoms in total. The molecule has 1 N–H and O–H groups in total. The molecule has 0 aliphatic heterocycles. The van der Waals surface area contributed by atoms with Gasteiger partial charge in [-0.1, -0.05) is 50.2 Å². The highest BCUT2D eigenvalue weighted by Gasteiger charge is 2.16. The standard InChI is InChI=1S/C18H22FNO/c1-13(2)20-12-18(15-7-5-4-6-8-15)21-17-11-14(3)9-10-16(17)19/h4-11,13,18,20H,12H2,1-3H3. The van der Waals surface area contributed by atoms with Crippen LogP contribution in [0.1, 0.15) is 31.1 Å². The van der Waals surface area contributed by atoms with Gasteiger partial charge in [-0.05, 0) is 30.2 Å². The lowest BCUT2D eigenvalue weighted by molar-refractivity contribution is 0.189. The number of rotatable bonds is 6. The van der Waals surface area contributed by atoms with Gasteiger partial charge >= 0.3 is 0 Å². The van der Waals surface area contributed by atoms with Crippen LogP contribution in [0.5, 0.6) is 5.75 Å². The summed E-state index contributed by atoms with van der Waals surface area (Å²) >= 11 is 0. The molecule has 2 aromatic carbocycles. The summed E-state index contributed by atoms with van der Waals surface area (Å²) in [6, 6.07) is 15.2. The zero-order valence-corrected chi connectivity index (χ0v) is 12.8. The summed E-state index contributed by atoms with van der Waals surface area (Å²) in [5, 5.41) is 3.35. The van der Waals surface area contributed by atoms with E-state index in [2.05, 4.69) is 19.2 Å². The van der Waals surface area contributed by atoms with Crippen LogP contribution in [0.25, 0.3) is 0 Å². The maximum Gasteiger partial charge on any atom is 0.165 e. The molecule has 0 aromatic heterocycles. The van der Waals surface area contributed by atoms with Gasteiger partial charge < -0.3 is 10.1 Å². The Bertz CT molecular complexity index is 569. The van der Waals surface area contributed by atoms with Gasteiger partial charge in [0.05, 0.1) is 0 Å². The Balaban J connectivity index is 2.21. The fraction of sp³-hybridized carbons (Fsp3) is 0.333. The van der Waals surface area contributed by atoms with Crippen LogP contribution in [0.3, 0.4) is 0 Å². The second kappa shape index (κ2) is 7.23. The predicted octanol–water partition coefficient (Wildman–Crippen LogP) is 4.25. The summed E-state index contributed by atoms with van der Waals surface area (Å²) < 4.78 is 19.8. The van der Waals surface area contributed by atoms with Crippen LogP contribution in [-0.4, -0.2) is 12.6 Å². The summed E-state index contributed by atoms with van der Waals surface area (Å²) in [7, 11) is 0. The maximum atomic E-state index is 13.9. The average Bonchev–Trinajstić information content (AvgIpc) is 2.47. The van der Waals surface area contributed by atoms with Gasteiger partial charge in [0, 0.05) is 12.6 Å². The van der Waals surface area contributed by atoms with E-state index in [1.807, 2.05) is 37.3 Å². The predicted molar refractivity (Wildman–Crippen MR) is 84.1 cm³/mol. The molecule has 0 saturated carbocycles. The van der Waals surface area contributed by atoms with Crippen LogP contribution >= 0.6 is 0 Å². The molecular formula is C18H22FNO. The second-order valence-electron chi connectivity index (χ2n) is 5.51. The van der Waals surface area contributed by atoms with Gasteiger partial charge in [0.1, 0.15) is 6.10 Å². The number of hydrogen-bond acceptors (Lipinski definition) is 2. The van der Waals surface area contributed by atoms with Crippen molar-refractivity contribution >= 4 is 0 Å². The molecule has 0 heterocycles. The largest absolute Gasteiger partial charge is 0.481 e. The zero-order valence-electron chi connectivity index (χ0n) is 12.8. The molecule has 2 aromatic rings. The van der Waals surface area contributed by atoms with Gasteiger partial charge in [-0.2, -0.15) is 0 Å². The quantitative estimate of drug-likeness (QED) is 0.857. The van der Waals surface area contributed by atoms with Gasteiger partial charge in [-0.3, -0.25) is 0 Å². The van der Waals surface area contributed by atoms with Crippen molar-refractivity contribution < 1.29 is 9.13 Å². The zero-order chi connectivity index (χ0) is 15.2. The smallest absolute Gasteiger partial charge is 0.165 e. The van der Waals surface area contributed by atoms with E-state index in [-0.39, 0.29) is 11.9 Å². The van der Waals surface area contributed by atoms with E-state index in [1.165, 1.54) is 6.07 Å². The lowest BCUT2D eigenvalue weighted by Gasteiger charge is -2.22. The SMILES string of the molecule is Cc1ccc(F)c(OC(CNC(C)C)c2ccccc2)c1. The van der Waals surface area contributed by atoms with E-state index < -0.39 is 0 Å². The molecule has 1 atom stereocenters. The van der Waals surface area contributed by atoms with E-state index >= 15 is 0 Å². The van der Waals surface area contributed by atoms with Crippen molar-refractivity contribution in [3.8, 4) is 5.75 Å². The first kappa shape index (κ1) is 15.5. The van der Waals surface area contributed by atoms with Crippen molar-refractivity contribution in [1.29, 1.82) is 0 Å². The fourth-order valence-electron chi connectivity index (χ4n) is 2.09. The summed E-state index contributed by atoms with van der Waals surface area (Å²) in [6.45, 7) is 6.72. The van der Waals surface area contributed by atoms with Crippen molar-refractivity contribution in [2.24, 2.45) is 0 Å². The third kappa shape index (κ3) is 4.57. The summed E-state index contributed by atoms with van der Waals surface area (Å²) in [5.74, 6) is -0.0273. The third-order valence-electron chi connectivity index (χ3n) is 3.24. The van der Waals surface area contributed by atoms with Crippen LogP contribution in [0, 0.1) is 12.7 Å². The number of aryl methyl sites for hydroxylation is 1. The lowest BCUT2D eigenvalue weighted by Crippen LogP contribution is -2.30. The number of ether oxygens (including phenoxy) is 1. The molecule has 112 valence electrons. The average molecular weight is 287 g/mol. The Labute approximate surface area is 126 Å². The Hall–Kier alpha value is -1.87. The number of hydrogen-bond donors (Lipinski definition) is 1. The first-order valence-corrected chi connectivity index (χ1v) is 7.27. The van der Waals surface area contributed by atoms with Gasteiger partial charge in [-0.25, -0.2) is 4.39 Å². The molecule has 2 rings (SSSR count). The molecule has 0 aliphatic rings. The first-order chi connectivity index (χ1) is 10.1. The van der Waals surface area contributed by atoms with E-state index in [4.69, 9.17) is 4.74 Å². The molecule has 0 radical (unpaired) electrons. The van der Waals surface area contributed by atoms with Crippen molar-refractivity contribution in [1.82, 2.24) is 5.32 Å². The molecule has 0 bridgehead atoms. The third-order valence-corrected chi connectivity index (χ3v) is 3.24. The Kier molecular flexibility index (Phi) is 5.34. The minimum absolute atomic E-state index is 0.218. The van der Waals surface area contributed by atoms with E-state index in [9.17, 15) is 4.39 Å². The van der Waals surface area contributed by atoms with Crippen molar-refractivity contribution in [2.75, 3.05) is 6.54 Å². The molecule has 21 heavy (non-hydrogen) atoms. The van der Waals surface area contributed by atoms with E-state index in [1.54, 1.807) is 12.1 Å². The summed E-state index contributed by atoms with van der Waals surface area (Å²) in [6.07, 6.45) is -0.218. The van der Waals surface area contributed by atoms with E-state index in [0.717, 1.165) is 11.1 Å². The van der Waals surface area contributed by atoms with E-state index in [0.29, 0.717) is 18.3 Å². The number of halogens is 1. The van der Waals surface area contributed by atoms with Crippen molar-refractivity contribution in [3.05, 3.63) is 65.5 Å². The highest BCUT2D eigenvalue weighted by Crippen LogP contribution is 2.25. The van der Waals surface area contributed by atoms with Gasteiger partial charge in [-0.15, -0.1) is 0 Å². The minimum Gasteiger partial charge on any atom is -0.481 e. The van der Waals surface area contributed by atoms with Gasteiger partial charge in [0.15, 0.2) is 11.6 Å². The fourth-order valence-corrected chi connectivity index (χ4v) is 2.09. The first-order valence-electron chi connectivity index (χ1n) is 7.27.